The monoisotopic (exact) mass is 307 g/mol. The third-order valence-corrected chi connectivity index (χ3v) is 3.68. The highest BCUT2D eigenvalue weighted by atomic mass is 16.5. The zero-order chi connectivity index (χ0) is 16.5. The second kappa shape index (κ2) is 9.34. The van der Waals surface area contributed by atoms with Crippen molar-refractivity contribution in [2.75, 3.05) is 19.0 Å². The van der Waals surface area contributed by atoms with Crippen molar-refractivity contribution >= 4 is 11.7 Å². The molecule has 0 aliphatic carbocycles. The Balaban J connectivity index is 2.67. The lowest BCUT2D eigenvalue weighted by atomic mass is 10.1. The van der Waals surface area contributed by atoms with Crippen molar-refractivity contribution in [3.05, 3.63) is 23.8 Å². The summed E-state index contributed by atoms with van der Waals surface area (Å²) in [5.74, 6) is -0.0121. The number of carbonyl (C=O) groups is 1. The standard InChI is InChI=1S/C18H29NO3/c1-5-6-7-8-9-14(2)22-16-11-10-15(12-18(20)21)17(13-16)19(3)4/h10-11,13-14H,5-9,12H2,1-4H3,(H,20,21)/t14-/m0/s1. The van der Waals surface area contributed by atoms with Crippen LogP contribution in [0.15, 0.2) is 18.2 Å². The predicted octanol–water partition coefficient (Wildman–Crippen LogP) is 4.12. The Labute approximate surface area is 134 Å². The van der Waals surface area contributed by atoms with E-state index in [9.17, 15) is 4.79 Å². The van der Waals surface area contributed by atoms with Gasteiger partial charge in [-0.25, -0.2) is 0 Å². The first-order chi connectivity index (χ1) is 10.4. The Morgan fingerprint density at radius 3 is 2.59 bits per heavy atom. The van der Waals surface area contributed by atoms with Crippen molar-refractivity contribution in [3.8, 4) is 5.75 Å². The molecule has 0 saturated heterocycles. The molecule has 1 N–H and O–H groups in total. The normalized spacial score (nSPS) is 12.0. The molecule has 0 spiro atoms. The summed E-state index contributed by atoms with van der Waals surface area (Å²) in [5, 5.41) is 8.98. The quantitative estimate of drug-likeness (QED) is 0.661. The summed E-state index contributed by atoms with van der Waals surface area (Å²) in [7, 11) is 3.83. The number of aliphatic carboxylic acids is 1. The van der Waals surface area contributed by atoms with Crippen molar-refractivity contribution < 1.29 is 14.6 Å². The molecule has 1 atom stereocenters. The summed E-state index contributed by atoms with van der Waals surface area (Å²) >= 11 is 0. The molecule has 0 bridgehead atoms. The molecular formula is C18H29NO3. The van der Waals surface area contributed by atoms with Gasteiger partial charge in [0, 0.05) is 25.8 Å². The summed E-state index contributed by atoms with van der Waals surface area (Å²) in [6.45, 7) is 4.30. The molecule has 1 aromatic rings. The number of hydrogen-bond donors (Lipinski definition) is 1. The van der Waals surface area contributed by atoms with Gasteiger partial charge in [0.2, 0.25) is 0 Å². The molecule has 0 heterocycles. The zero-order valence-corrected chi connectivity index (χ0v) is 14.3. The SMILES string of the molecule is CCCCCC[C@H](C)Oc1ccc(CC(=O)O)c(N(C)C)c1. The van der Waals surface area contributed by atoms with Gasteiger partial charge in [-0.3, -0.25) is 4.79 Å². The van der Waals surface area contributed by atoms with E-state index in [4.69, 9.17) is 9.84 Å². The molecule has 0 radical (unpaired) electrons. The maximum Gasteiger partial charge on any atom is 0.307 e. The number of carboxylic acids is 1. The van der Waals surface area contributed by atoms with Crippen LogP contribution >= 0.6 is 0 Å². The number of unbranched alkanes of at least 4 members (excludes halogenated alkanes) is 3. The number of carboxylic acid groups (broad SMARTS) is 1. The number of ether oxygens (including phenoxy) is 1. The van der Waals surface area contributed by atoms with E-state index >= 15 is 0 Å². The van der Waals surface area contributed by atoms with E-state index in [1.165, 1.54) is 25.7 Å². The highest BCUT2D eigenvalue weighted by Crippen LogP contribution is 2.26. The van der Waals surface area contributed by atoms with E-state index in [0.29, 0.717) is 0 Å². The van der Waals surface area contributed by atoms with Crippen molar-refractivity contribution in [2.45, 2.75) is 58.5 Å². The maximum atomic E-state index is 10.9. The summed E-state index contributed by atoms with van der Waals surface area (Å²) in [6, 6.07) is 5.65. The topological polar surface area (TPSA) is 49.8 Å². The number of nitrogens with zero attached hydrogens (tertiary/aromatic N) is 1. The highest BCUT2D eigenvalue weighted by Gasteiger charge is 2.11. The van der Waals surface area contributed by atoms with Gasteiger partial charge in [-0.15, -0.1) is 0 Å². The van der Waals surface area contributed by atoms with Gasteiger partial charge in [-0.2, -0.15) is 0 Å². The van der Waals surface area contributed by atoms with Crippen LogP contribution in [-0.4, -0.2) is 31.3 Å². The number of anilines is 1. The van der Waals surface area contributed by atoms with Gasteiger partial charge in [0.25, 0.3) is 0 Å². The number of rotatable bonds is 10. The van der Waals surface area contributed by atoms with Gasteiger partial charge in [0.1, 0.15) is 5.75 Å². The Morgan fingerprint density at radius 2 is 2.00 bits per heavy atom. The van der Waals surface area contributed by atoms with Crippen LogP contribution in [0.1, 0.15) is 51.5 Å². The van der Waals surface area contributed by atoms with E-state index in [-0.39, 0.29) is 12.5 Å². The van der Waals surface area contributed by atoms with E-state index in [2.05, 4.69) is 13.8 Å². The second-order valence-corrected chi connectivity index (χ2v) is 6.03. The largest absolute Gasteiger partial charge is 0.491 e. The van der Waals surface area contributed by atoms with Gasteiger partial charge >= 0.3 is 5.97 Å². The first-order valence-corrected chi connectivity index (χ1v) is 8.12. The van der Waals surface area contributed by atoms with Gasteiger partial charge in [-0.1, -0.05) is 32.3 Å². The molecule has 0 aliphatic rings. The van der Waals surface area contributed by atoms with Crippen molar-refractivity contribution in [2.24, 2.45) is 0 Å². The second-order valence-electron chi connectivity index (χ2n) is 6.03. The van der Waals surface area contributed by atoms with Crippen molar-refractivity contribution in [3.63, 3.8) is 0 Å². The first kappa shape index (κ1) is 18.3. The number of benzene rings is 1. The Hall–Kier alpha value is -1.71. The average Bonchev–Trinajstić information content (AvgIpc) is 2.44. The molecule has 4 nitrogen and oxygen atoms in total. The molecule has 0 saturated carbocycles. The lowest BCUT2D eigenvalue weighted by Gasteiger charge is -2.20. The van der Waals surface area contributed by atoms with Gasteiger partial charge in [0.15, 0.2) is 0 Å². The zero-order valence-electron chi connectivity index (χ0n) is 14.3. The van der Waals surface area contributed by atoms with Crippen LogP contribution in [0, 0.1) is 0 Å². The Kier molecular flexibility index (Phi) is 7.78. The minimum absolute atomic E-state index is 0.0281. The van der Waals surface area contributed by atoms with Gasteiger partial charge < -0.3 is 14.7 Å². The van der Waals surface area contributed by atoms with Gasteiger partial charge in [-0.05, 0) is 31.4 Å². The average molecular weight is 307 g/mol. The lowest BCUT2D eigenvalue weighted by molar-refractivity contribution is -0.136. The molecular weight excluding hydrogens is 278 g/mol. The summed E-state index contributed by atoms with van der Waals surface area (Å²) in [5.41, 5.74) is 1.71. The number of hydrogen-bond acceptors (Lipinski definition) is 3. The van der Waals surface area contributed by atoms with E-state index in [1.807, 2.05) is 37.2 Å². The summed E-state index contributed by atoms with van der Waals surface area (Å²) in [4.78, 5) is 12.9. The minimum atomic E-state index is -0.818. The van der Waals surface area contributed by atoms with E-state index in [1.54, 1.807) is 0 Å². The van der Waals surface area contributed by atoms with Crippen LogP contribution < -0.4 is 9.64 Å². The Morgan fingerprint density at radius 1 is 1.27 bits per heavy atom. The predicted molar refractivity (Wildman–Crippen MR) is 91.0 cm³/mol. The van der Waals surface area contributed by atoms with Crippen molar-refractivity contribution in [1.29, 1.82) is 0 Å². The van der Waals surface area contributed by atoms with Crippen LogP contribution in [0.3, 0.4) is 0 Å². The smallest absolute Gasteiger partial charge is 0.307 e. The van der Waals surface area contributed by atoms with E-state index in [0.717, 1.165) is 23.4 Å². The van der Waals surface area contributed by atoms with Crippen molar-refractivity contribution in [1.82, 2.24) is 0 Å². The fourth-order valence-corrected chi connectivity index (χ4v) is 2.50. The molecule has 1 rings (SSSR count). The molecule has 0 aliphatic heterocycles. The molecule has 0 aromatic heterocycles. The highest BCUT2D eigenvalue weighted by molar-refractivity contribution is 5.74. The van der Waals surface area contributed by atoms with Crippen LogP contribution in [-0.2, 0) is 11.2 Å². The summed E-state index contributed by atoms with van der Waals surface area (Å²) in [6.07, 6.45) is 6.22. The van der Waals surface area contributed by atoms with E-state index < -0.39 is 5.97 Å². The Bertz CT molecular complexity index is 471. The molecule has 1 aromatic carbocycles. The molecule has 124 valence electrons. The van der Waals surface area contributed by atoms with Gasteiger partial charge in [0.05, 0.1) is 12.5 Å². The summed E-state index contributed by atoms with van der Waals surface area (Å²) < 4.78 is 5.97. The molecule has 4 heteroatoms. The third kappa shape index (κ3) is 6.37. The molecule has 0 amide bonds. The minimum Gasteiger partial charge on any atom is -0.491 e. The van der Waals surface area contributed by atoms with Crippen LogP contribution in [0.5, 0.6) is 5.75 Å². The molecule has 0 unspecified atom stereocenters. The molecule has 22 heavy (non-hydrogen) atoms. The first-order valence-electron chi connectivity index (χ1n) is 8.12. The van der Waals surface area contributed by atoms with Crippen LogP contribution in [0.25, 0.3) is 0 Å². The fraction of sp³-hybridized carbons (Fsp3) is 0.611. The van der Waals surface area contributed by atoms with Crippen LogP contribution in [0.4, 0.5) is 5.69 Å². The third-order valence-electron chi connectivity index (χ3n) is 3.68. The lowest BCUT2D eigenvalue weighted by Crippen LogP contribution is -2.15. The maximum absolute atomic E-state index is 10.9. The van der Waals surface area contributed by atoms with Crippen LogP contribution in [0.2, 0.25) is 0 Å². The fourth-order valence-electron chi connectivity index (χ4n) is 2.50. The molecule has 0 fully saturated rings.